The third kappa shape index (κ3) is 3.10. The molecule has 3 aromatic heterocycles. The van der Waals surface area contributed by atoms with Crippen LogP contribution in [-0.4, -0.2) is 25.8 Å². The van der Waals surface area contributed by atoms with Crippen LogP contribution in [0, 0.1) is 6.92 Å². The van der Waals surface area contributed by atoms with Crippen molar-refractivity contribution in [1.82, 2.24) is 19.6 Å². The van der Waals surface area contributed by atoms with Crippen molar-refractivity contribution in [1.29, 1.82) is 0 Å². The minimum atomic E-state index is -4.72. The topological polar surface area (TPSA) is 76.2 Å². The number of rotatable bonds is 3. The van der Waals surface area contributed by atoms with Crippen LogP contribution in [0.4, 0.5) is 13.2 Å². The van der Waals surface area contributed by atoms with Crippen molar-refractivity contribution in [3.8, 4) is 22.6 Å². The molecule has 162 valence electrons. The number of para-hydroxylation sites is 1. The predicted octanol–water partition coefficient (Wildman–Crippen LogP) is 5.55. The first-order valence-electron chi connectivity index (χ1n) is 9.51. The number of H-pyrrole nitrogens is 1. The number of alkyl halides is 3. The van der Waals surface area contributed by atoms with Crippen LogP contribution < -0.4 is 5.56 Å². The van der Waals surface area contributed by atoms with Crippen molar-refractivity contribution < 1.29 is 17.6 Å². The molecule has 1 N–H and O–H groups in total. The number of aromatic nitrogens is 4. The number of aryl methyl sites for hydroxylation is 1. The van der Waals surface area contributed by atoms with Crippen LogP contribution in [0.3, 0.4) is 0 Å². The Morgan fingerprint density at radius 2 is 1.78 bits per heavy atom. The van der Waals surface area contributed by atoms with Gasteiger partial charge in [0, 0.05) is 4.90 Å². The molecule has 0 unspecified atom stereocenters. The summed E-state index contributed by atoms with van der Waals surface area (Å²) >= 11 is 1.47. The van der Waals surface area contributed by atoms with Gasteiger partial charge in [0.15, 0.2) is 11.2 Å². The fourth-order valence-corrected chi connectivity index (χ4v) is 4.26. The van der Waals surface area contributed by atoms with Gasteiger partial charge >= 0.3 is 6.18 Å². The van der Waals surface area contributed by atoms with Crippen molar-refractivity contribution in [2.75, 3.05) is 6.26 Å². The van der Waals surface area contributed by atoms with Crippen LogP contribution >= 0.6 is 11.8 Å². The molecule has 5 rings (SSSR count). The number of fused-ring (bicyclic) bond motifs is 2. The van der Waals surface area contributed by atoms with Crippen LogP contribution in [0.1, 0.15) is 11.4 Å². The molecule has 0 aliphatic rings. The first-order chi connectivity index (χ1) is 15.3. The molecule has 0 atom stereocenters. The highest BCUT2D eigenvalue weighted by molar-refractivity contribution is 7.98. The van der Waals surface area contributed by atoms with Crippen molar-refractivity contribution in [2.24, 2.45) is 0 Å². The van der Waals surface area contributed by atoms with Crippen LogP contribution in [0.2, 0.25) is 0 Å². The lowest BCUT2D eigenvalue weighted by Gasteiger charge is -2.07. The Hall–Kier alpha value is -3.53. The third-order valence-corrected chi connectivity index (χ3v) is 5.89. The van der Waals surface area contributed by atoms with E-state index in [0.29, 0.717) is 16.7 Å². The van der Waals surface area contributed by atoms with Gasteiger partial charge in [-0.05, 0) is 30.9 Å². The fraction of sp³-hybridized carbons (Fsp3) is 0.136. The second kappa shape index (κ2) is 7.27. The first-order valence-corrected chi connectivity index (χ1v) is 10.7. The van der Waals surface area contributed by atoms with E-state index in [1.54, 1.807) is 49.4 Å². The molecule has 10 heteroatoms. The molecule has 2 aromatic carbocycles. The monoisotopic (exact) mass is 456 g/mol. The Bertz CT molecular complexity index is 1530. The zero-order valence-electron chi connectivity index (χ0n) is 16.8. The summed E-state index contributed by atoms with van der Waals surface area (Å²) in [6.45, 7) is 1.55. The summed E-state index contributed by atoms with van der Waals surface area (Å²) < 4.78 is 48.1. The van der Waals surface area contributed by atoms with Gasteiger partial charge in [0.25, 0.3) is 5.56 Å². The molecular formula is C22H15F3N4O2S. The van der Waals surface area contributed by atoms with Crippen LogP contribution in [0.5, 0.6) is 0 Å². The summed E-state index contributed by atoms with van der Waals surface area (Å²) in [5, 5.41) is 2.21. The van der Waals surface area contributed by atoms with E-state index in [1.807, 2.05) is 12.3 Å². The molecule has 6 nitrogen and oxygen atoms in total. The summed E-state index contributed by atoms with van der Waals surface area (Å²) in [4.78, 5) is 23.0. The van der Waals surface area contributed by atoms with Gasteiger partial charge in [-0.15, -0.1) is 11.8 Å². The van der Waals surface area contributed by atoms with Gasteiger partial charge in [0.2, 0.25) is 5.89 Å². The number of thioether (sulfide) groups is 1. The summed E-state index contributed by atoms with van der Waals surface area (Å²) in [6.07, 6.45) is -2.83. The van der Waals surface area contributed by atoms with Crippen molar-refractivity contribution >= 4 is 28.5 Å². The van der Waals surface area contributed by atoms with Gasteiger partial charge in [-0.3, -0.25) is 9.89 Å². The van der Waals surface area contributed by atoms with Crippen molar-refractivity contribution in [2.45, 2.75) is 18.0 Å². The van der Waals surface area contributed by atoms with E-state index in [-0.39, 0.29) is 28.4 Å². The number of oxazole rings is 1. The SMILES string of the molecule is CSc1cccc2oc(-c3c(C)nc4c(-c5ccccc5)c(C(F)(F)F)[nH]n4c3=O)nc12. The highest BCUT2D eigenvalue weighted by Gasteiger charge is 2.38. The molecule has 0 bridgehead atoms. The number of nitrogens with one attached hydrogen (secondary N) is 1. The van der Waals surface area contributed by atoms with Gasteiger partial charge in [0.1, 0.15) is 16.8 Å². The summed E-state index contributed by atoms with van der Waals surface area (Å²) in [5.41, 5.74) is -0.511. The average Bonchev–Trinajstić information content (AvgIpc) is 3.36. The number of nitrogens with zero attached hydrogens (tertiary/aromatic N) is 3. The smallest absolute Gasteiger partial charge is 0.433 e. The predicted molar refractivity (Wildman–Crippen MR) is 116 cm³/mol. The zero-order valence-corrected chi connectivity index (χ0v) is 17.6. The minimum Gasteiger partial charge on any atom is -0.436 e. The Balaban J connectivity index is 1.82. The molecule has 0 aliphatic heterocycles. The molecule has 0 amide bonds. The largest absolute Gasteiger partial charge is 0.436 e. The molecular weight excluding hydrogens is 441 g/mol. The molecule has 5 aromatic rings. The van der Waals surface area contributed by atoms with E-state index in [4.69, 9.17) is 4.42 Å². The molecule has 0 fully saturated rings. The molecule has 0 radical (unpaired) electrons. The van der Waals surface area contributed by atoms with Gasteiger partial charge < -0.3 is 4.42 Å². The van der Waals surface area contributed by atoms with Crippen molar-refractivity contribution in [3.63, 3.8) is 0 Å². The zero-order chi connectivity index (χ0) is 22.6. The second-order valence-corrected chi connectivity index (χ2v) is 7.94. The summed E-state index contributed by atoms with van der Waals surface area (Å²) in [6, 6.07) is 13.4. The lowest BCUT2D eigenvalue weighted by molar-refractivity contribution is -0.140. The highest BCUT2D eigenvalue weighted by Crippen LogP contribution is 2.38. The number of aromatic amines is 1. The van der Waals surface area contributed by atoms with E-state index < -0.39 is 17.4 Å². The lowest BCUT2D eigenvalue weighted by atomic mass is 10.1. The highest BCUT2D eigenvalue weighted by atomic mass is 32.2. The Kier molecular flexibility index (Phi) is 4.63. The van der Waals surface area contributed by atoms with E-state index in [9.17, 15) is 18.0 Å². The Morgan fingerprint density at radius 3 is 2.47 bits per heavy atom. The average molecular weight is 456 g/mol. The third-order valence-electron chi connectivity index (χ3n) is 5.12. The van der Waals surface area contributed by atoms with E-state index >= 15 is 0 Å². The second-order valence-electron chi connectivity index (χ2n) is 7.09. The molecule has 32 heavy (non-hydrogen) atoms. The number of hydrogen-bond acceptors (Lipinski definition) is 5. The molecule has 3 heterocycles. The lowest BCUT2D eigenvalue weighted by Crippen LogP contribution is -2.19. The number of hydrogen-bond donors (Lipinski definition) is 1. The summed E-state index contributed by atoms with van der Waals surface area (Å²) in [7, 11) is 0. The van der Waals surface area contributed by atoms with E-state index in [0.717, 1.165) is 9.41 Å². The first kappa shape index (κ1) is 20.4. The maximum Gasteiger partial charge on any atom is 0.433 e. The summed E-state index contributed by atoms with van der Waals surface area (Å²) in [5.74, 6) is 0.00956. The Morgan fingerprint density at radius 1 is 1.03 bits per heavy atom. The fourth-order valence-electron chi connectivity index (χ4n) is 3.70. The van der Waals surface area contributed by atoms with Crippen LogP contribution in [0.15, 0.2) is 62.6 Å². The minimum absolute atomic E-state index is 0.000314. The van der Waals surface area contributed by atoms with Gasteiger partial charge in [0.05, 0.1) is 11.3 Å². The molecule has 0 saturated heterocycles. The molecule has 0 spiro atoms. The molecule has 0 aliphatic carbocycles. The number of benzene rings is 2. The number of halogens is 3. The maximum absolute atomic E-state index is 13.8. The van der Waals surface area contributed by atoms with E-state index in [1.165, 1.54) is 11.8 Å². The quantitative estimate of drug-likeness (QED) is 0.361. The van der Waals surface area contributed by atoms with Crippen molar-refractivity contribution in [3.05, 3.63) is 70.3 Å². The van der Waals surface area contributed by atoms with Gasteiger partial charge in [-0.2, -0.15) is 17.7 Å². The molecule has 0 saturated carbocycles. The van der Waals surface area contributed by atoms with Crippen LogP contribution in [0.25, 0.3) is 39.3 Å². The van der Waals surface area contributed by atoms with Gasteiger partial charge in [-0.1, -0.05) is 36.4 Å². The van der Waals surface area contributed by atoms with Crippen LogP contribution in [-0.2, 0) is 6.18 Å². The standard InChI is InChI=1S/C22H15F3N4O2S/c1-11-15(20-27-17-13(31-20)9-6-10-14(17)32-2)21(30)29-19(26-11)16(12-7-4-3-5-8-12)18(28-29)22(23,24)25/h3-10,28H,1-2H3. The van der Waals surface area contributed by atoms with E-state index in [2.05, 4.69) is 15.1 Å². The normalized spacial score (nSPS) is 12.2. The maximum atomic E-state index is 13.8. The van der Waals surface area contributed by atoms with Gasteiger partial charge in [-0.25, -0.2) is 9.97 Å². The Labute approximate surface area is 183 Å².